The molecule has 0 saturated carbocycles. The number of nitrogens with one attached hydrogen (secondary N) is 1. The Morgan fingerprint density at radius 2 is 1.80 bits per heavy atom. The predicted molar refractivity (Wildman–Crippen MR) is 121 cm³/mol. The molecule has 0 aliphatic carbocycles. The van der Waals surface area contributed by atoms with Gasteiger partial charge in [-0.25, -0.2) is 0 Å². The molecule has 0 saturated heterocycles. The molecule has 0 unspecified atom stereocenters. The van der Waals surface area contributed by atoms with Crippen LogP contribution in [0.15, 0.2) is 42.5 Å². The minimum Gasteiger partial charge on any atom is -0.482 e. The van der Waals surface area contributed by atoms with E-state index in [2.05, 4.69) is 5.32 Å². The van der Waals surface area contributed by atoms with Gasteiger partial charge in [0.1, 0.15) is 11.8 Å². The van der Waals surface area contributed by atoms with E-state index >= 15 is 0 Å². The smallest absolute Gasteiger partial charge is 0.261 e. The first-order valence-electron chi connectivity index (χ1n) is 10.1. The standard InChI is InChI=1S/C23H28Cl2N2O3/c1-4-12-26-23(29)20(5-2)27(14-17-8-6-16(3)7-9-17)22(28)15-30-21-11-10-18(24)13-19(21)25/h6-11,13,20H,4-5,12,14-15H2,1-3H3,(H,26,29)/t20-/m1/s1. The fraction of sp³-hybridized carbons (Fsp3) is 0.391. The molecule has 1 N–H and O–H groups in total. The summed E-state index contributed by atoms with van der Waals surface area (Å²) in [7, 11) is 0. The first-order valence-corrected chi connectivity index (χ1v) is 10.8. The maximum Gasteiger partial charge on any atom is 0.261 e. The number of carbonyl (C=O) groups is 2. The van der Waals surface area contributed by atoms with Crippen molar-refractivity contribution in [2.24, 2.45) is 0 Å². The first kappa shape index (κ1) is 24.0. The highest BCUT2D eigenvalue weighted by Crippen LogP contribution is 2.27. The van der Waals surface area contributed by atoms with Crippen LogP contribution in [-0.2, 0) is 16.1 Å². The molecule has 0 bridgehead atoms. The van der Waals surface area contributed by atoms with Gasteiger partial charge in [0, 0.05) is 18.1 Å². The second-order valence-electron chi connectivity index (χ2n) is 7.09. The molecule has 0 fully saturated rings. The van der Waals surface area contributed by atoms with E-state index in [1.54, 1.807) is 23.1 Å². The molecule has 2 aromatic rings. The number of amides is 2. The van der Waals surface area contributed by atoms with E-state index < -0.39 is 6.04 Å². The molecule has 5 nitrogen and oxygen atoms in total. The molecule has 0 spiro atoms. The largest absolute Gasteiger partial charge is 0.482 e. The minimum atomic E-state index is -0.588. The number of benzene rings is 2. The molecule has 7 heteroatoms. The first-order chi connectivity index (χ1) is 14.3. The molecule has 162 valence electrons. The number of hydrogen-bond donors (Lipinski definition) is 1. The molecule has 1 atom stereocenters. The zero-order chi connectivity index (χ0) is 22.1. The highest BCUT2D eigenvalue weighted by molar-refractivity contribution is 6.35. The fourth-order valence-corrected chi connectivity index (χ4v) is 3.45. The summed E-state index contributed by atoms with van der Waals surface area (Å²) >= 11 is 12.0. The van der Waals surface area contributed by atoms with Gasteiger partial charge in [0.25, 0.3) is 5.91 Å². The molecule has 2 aromatic carbocycles. The van der Waals surface area contributed by atoms with Gasteiger partial charge < -0.3 is 15.0 Å². The van der Waals surface area contributed by atoms with E-state index in [0.29, 0.717) is 35.3 Å². The van der Waals surface area contributed by atoms with Gasteiger partial charge in [-0.2, -0.15) is 0 Å². The Morgan fingerprint density at radius 3 is 2.40 bits per heavy atom. The number of carbonyl (C=O) groups excluding carboxylic acids is 2. The SMILES string of the molecule is CCCNC(=O)[C@@H](CC)N(Cc1ccc(C)cc1)C(=O)COc1ccc(Cl)cc1Cl. The maximum atomic E-state index is 13.1. The van der Waals surface area contributed by atoms with Crippen LogP contribution in [0.25, 0.3) is 0 Å². The Hall–Kier alpha value is -2.24. The van der Waals surface area contributed by atoms with Gasteiger partial charge in [-0.1, -0.05) is 66.9 Å². The molecule has 30 heavy (non-hydrogen) atoms. The number of rotatable bonds is 10. The van der Waals surface area contributed by atoms with E-state index in [-0.39, 0.29) is 18.4 Å². The molecule has 2 rings (SSSR count). The van der Waals surface area contributed by atoms with Crippen LogP contribution in [0.5, 0.6) is 5.75 Å². The summed E-state index contributed by atoms with van der Waals surface area (Å²) in [5.74, 6) is -0.0855. The van der Waals surface area contributed by atoms with Crippen molar-refractivity contribution in [3.05, 3.63) is 63.6 Å². The summed E-state index contributed by atoms with van der Waals surface area (Å²) in [5.41, 5.74) is 2.07. The van der Waals surface area contributed by atoms with Crippen LogP contribution < -0.4 is 10.1 Å². The second kappa shape index (κ2) is 11.8. The lowest BCUT2D eigenvalue weighted by atomic mass is 10.1. The van der Waals surface area contributed by atoms with E-state index in [0.717, 1.165) is 17.5 Å². The minimum absolute atomic E-state index is 0.163. The lowest BCUT2D eigenvalue weighted by Gasteiger charge is -2.30. The summed E-state index contributed by atoms with van der Waals surface area (Å²) < 4.78 is 5.63. The second-order valence-corrected chi connectivity index (χ2v) is 7.93. The van der Waals surface area contributed by atoms with Crippen LogP contribution in [0.1, 0.15) is 37.8 Å². The van der Waals surface area contributed by atoms with Crippen LogP contribution in [0, 0.1) is 6.92 Å². The molecular formula is C23H28Cl2N2O3. The molecule has 0 aliphatic heterocycles. The van der Waals surface area contributed by atoms with Crippen molar-refractivity contribution in [1.29, 1.82) is 0 Å². The summed E-state index contributed by atoms with van der Waals surface area (Å²) in [4.78, 5) is 27.4. The maximum absolute atomic E-state index is 13.1. The van der Waals surface area contributed by atoms with Gasteiger partial charge in [-0.3, -0.25) is 9.59 Å². The van der Waals surface area contributed by atoms with Gasteiger partial charge in [-0.05, 0) is 43.5 Å². The van der Waals surface area contributed by atoms with Crippen molar-refractivity contribution < 1.29 is 14.3 Å². The number of hydrogen-bond acceptors (Lipinski definition) is 3. The fourth-order valence-electron chi connectivity index (χ4n) is 2.99. The number of ether oxygens (including phenoxy) is 1. The van der Waals surface area contributed by atoms with E-state index in [9.17, 15) is 9.59 Å². The van der Waals surface area contributed by atoms with Crippen molar-refractivity contribution in [3.63, 3.8) is 0 Å². The molecular weight excluding hydrogens is 423 g/mol. The van der Waals surface area contributed by atoms with Crippen LogP contribution in [0.3, 0.4) is 0 Å². The molecule has 0 aromatic heterocycles. The Bertz CT molecular complexity index is 856. The van der Waals surface area contributed by atoms with Crippen molar-refractivity contribution in [2.75, 3.05) is 13.2 Å². The third-order valence-electron chi connectivity index (χ3n) is 4.65. The highest BCUT2D eigenvalue weighted by Gasteiger charge is 2.28. The van der Waals surface area contributed by atoms with Gasteiger partial charge >= 0.3 is 0 Å². The van der Waals surface area contributed by atoms with Crippen LogP contribution in [0.2, 0.25) is 10.0 Å². The third-order valence-corrected chi connectivity index (χ3v) is 5.18. The van der Waals surface area contributed by atoms with Gasteiger partial charge in [0.15, 0.2) is 6.61 Å². The van der Waals surface area contributed by atoms with Crippen LogP contribution in [-0.4, -0.2) is 35.9 Å². The Morgan fingerprint density at radius 1 is 1.10 bits per heavy atom. The lowest BCUT2D eigenvalue weighted by molar-refractivity contribution is -0.143. The highest BCUT2D eigenvalue weighted by atomic mass is 35.5. The monoisotopic (exact) mass is 450 g/mol. The Kier molecular flexibility index (Phi) is 9.47. The quantitative estimate of drug-likeness (QED) is 0.552. The Labute approximate surface area is 188 Å². The van der Waals surface area contributed by atoms with Crippen molar-refractivity contribution in [2.45, 2.75) is 46.2 Å². The van der Waals surface area contributed by atoms with Gasteiger partial charge in [-0.15, -0.1) is 0 Å². The van der Waals surface area contributed by atoms with Crippen molar-refractivity contribution in [1.82, 2.24) is 10.2 Å². The normalized spacial score (nSPS) is 11.6. The molecule has 0 radical (unpaired) electrons. The topological polar surface area (TPSA) is 58.6 Å². The Balaban J connectivity index is 2.20. The molecule has 0 aliphatic rings. The van der Waals surface area contributed by atoms with Crippen molar-refractivity contribution in [3.8, 4) is 5.75 Å². The van der Waals surface area contributed by atoms with Gasteiger partial charge in [0.2, 0.25) is 5.91 Å². The number of halogens is 2. The van der Waals surface area contributed by atoms with Gasteiger partial charge in [0.05, 0.1) is 5.02 Å². The van der Waals surface area contributed by atoms with E-state index in [1.165, 1.54) is 0 Å². The number of nitrogens with zero attached hydrogens (tertiary/aromatic N) is 1. The van der Waals surface area contributed by atoms with E-state index in [1.807, 2.05) is 45.0 Å². The average Bonchev–Trinajstić information content (AvgIpc) is 2.72. The van der Waals surface area contributed by atoms with Crippen LogP contribution >= 0.6 is 23.2 Å². The molecule has 0 heterocycles. The average molecular weight is 451 g/mol. The summed E-state index contributed by atoms with van der Waals surface area (Å²) in [6.07, 6.45) is 1.32. The number of aryl methyl sites for hydroxylation is 1. The summed E-state index contributed by atoms with van der Waals surface area (Å²) in [5, 5.41) is 3.70. The third kappa shape index (κ3) is 6.92. The van der Waals surface area contributed by atoms with Crippen LogP contribution in [0.4, 0.5) is 0 Å². The zero-order valence-electron chi connectivity index (χ0n) is 17.6. The summed E-state index contributed by atoms with van der Waals surface area (Å²) in [6, 6.07) is 12.1. The summed E-state index contributed by atoms with van der Waals surface area (Å²) in [6.45, 7) is 6.53. The molecule has 2 amide bonds. The zero-order valence-corrected chi connectivity index (χ0v) is 19.1. The predicted octanol–water partition coefficient (Wildman–Crippen LogP) is 5.01. The van der Waals surface area contributed by atoms with E-state index in [4.69, 9.17) is 27.9 Å². The van der Waals surface area contributed by atoms with Crippen molar-refractivity contribution >= 4 is 35.0 Å². The lowest BCUT2D eigenvalue weighted by Crippen LogP contribution is -2.50.